The first kappa shape index (κ1) is 5.83. The van der Waals surface area contributed by atoms with E-state index in [1.807, 2.05) is 0 Å². The molecule has 0 aromatic rings. The van der Waals surface area contributed by atoms with Crippen LogP contribution in [0.15, 0.2) is 0 Å². The van der Waals surface area contributed by atoms with Gasteiger partial charge in [-0.05, 0) is 35.5 Å². The number of nitrogens with zero attached hydrogens (tertiary/aromatic N) is 1. The molecule has 4 atom stereocenters. The lowest BCUT2D eigenvalue weighted by Gasteiger charge is -3.09. The standard InChI is InChI=1S/C9H9NO3/c1-8-4-2-3-6(4)9(8,13-10(11)12)7(3)5(2)8/h2-7H,1H3. The maximum Gasteiger partial charge on any atom is 0.295 e. The van der Waals surface area contributed by atoms with Gasteiger partial charge in [0.1, 0.15) is 5.60 Å². The van der Waals surface area contributed by atoms with E-state index in [9.17, 15) is 10.1 Å². The molecule has 0 N–H and O–H groups in total. The van der Waals surface area contributed by atoms with Gasteiger partial charge in [-0.2, -0.15) is 0 Å². The fourth-order valence-corrected chi connectivity index (χ4v) is 6.32. The molecule has 6 rings (SSSR count). The maximum absolute atomic E-state index is 10.4. The summed E-state index contributed by atoms with van der Waals surface area (Å²) in [7, 11) is 0. The second-order valence-electron chi connectivity index (χ2n) is 5.65. The Balaban J connectivity index is 1.64. The van der Waals surface area contributed by atoms with Gasteiger partial charge in [0.25, 0.3) is 5.09 Å². The molecule has 6 saturated carbocycles. The summed E-state index contributed by atoms with van der Waals surface area (Å²) in [4.78, 5) is 15.4. The third-order valence-electron chi connectivity index (χ3n) is 6.32. The minimum atomic E-state index is -0.563. The zero-order chi connectivity index (χ0) is 8.75. The van der Waals surface area contributed by atoms with Crippen LogP contribution in [0.25, 0.3) is 0 Å². The molecule has 6 fully saturated rings. The molecule has 13 heavy (non-hydrogen) atoms. The molecule has 68 valence electrons. The molecule has 0 aromatic heterocycles. The third-order valence-corrected chi connectivity index (χ3v) is 6.32. The van der Waals surface area contributed by atoms with Gasteiger partial charge in [-0.25, -0.2) is 0 Å². The molecule has 6 aliphatic carbocycles. The van der Waals surface area contributed by atoms with Gasteiger partial charge in [0.05, 0.1) is 0 Å². The molecule has 0 spiro atoms. The van der Waals surface area contributed by atoms with Crippen molar-refractivity contribution >= 4 is 0 Å². The molecule has 0 amide bonds. The third kappa shape index (κ3) is 0.223. The predicted molar refractivity (Wildman–Crippen MR) is 39.9 cm³/mol. The predicted octanol–water partition coefficient (Wildman–Crippen LogP) is 0.705. The molecule has 6 aliphatic rings. The lowest BCUT2D eigenvalue weighted by atomic mass is 8.95. The Morgan fingerprint density at radius 2 is 1.77 bits per heavy atom. The molecule has 0 heterocycles. The van der Waals surface area contributed by atoms with E-state index in [0.29, 0.717) is 11.8 Å². The topological polar surface area (TPSA) is 52.4 Å². The van der Waals surface area contributed by atoms with Crippen LogP contribution in [0, 0.1) is 51.0 Å². The first-order chi connectivity index (χ1) is 6.15. The van der Waals surface area contributed by atoms with Crippen molar-refractivity contribution in [3.05, 3.63) is 10.1 Å². The van der Waals surface area contributed by atoms with Gasteiger partial charge >= 0.3 is 0 Å². The van der Waals surface area contributed by atoms with Gasteiger partial charge < -0.3 is 4.84 Å². The smallest absolute Gasteiger partial charge is 0.295 e. The summed E-state index contributed by atoms with van der Waals surface area (Å²) < 4.78 is 0. The Bertz CT molecular complexity index is 372. The number of hydrogen-bond acceptors (Lipinski definition) is 3. The van der Waals surface area contributed by atoms with E-state index >= 15 is 0 Å². The van der Waals surface area contributed by atoms with Crippen molar-refractivity contribution in [3.63, 3.8) is 0 Å². The van der Waals surface area contributed by atoms with Gasteiger partial charge in [0.15, 0.2) is 0 Å². The van der Waals surface area contributed by atoms with Crippen molar-refractivity contribution in [2.75, 3.05) is 0 Å². The molecular formula is C9H9NO3. The van der Waals surface area contributed by atoms with Crippen molar-refractivity contribution in [1.82, 2.24) is 0 Å². The largest absolute Gasteiger partial charge is 0.306 e. The van der Waals surface area contributed by atoms with Crippen molar-refractivity contribution in [2.24, 2.45) is 40.9 Å². The number of hydrogen-bond donors (Lipinski definition) is 0. The van der Waals surface area contributed by atoms with Crippen LogP contribution in [0.1, 0.15) is 6.92 Å². The summed E-state index contributed by atoms with van der Waals surface area (Å²) in [6, 6.07) is 0. The van der Waals surface area contributed by atoms with Crippen molar-refractivity contribution in [2.45, 2.75) is 12.5 Å². The Morgan fingerprint density at radius 3 is 2.23 bits per heavy atom. The Labute approximate surface area is 74.4 Å². The van der Waals surface area contributed by atoms with E-state index in [2.05, 4.69) is 6.92 Å². The second-order valence-corrected chi connectivity index (χ2v) is 5.65. The molecule has 0 radical (unpaired) electrons. The quantitative estimate of drug-likeness (QED) is 0.463. The average molecular weight is 179 g/mol. The highest BCUT2D eigenvalue weighted by atomic mass is 17.0. The highest BCUT2D eigenvalue weighted by Crippen LogP contribution is 3.07. The summed E-state index contributed by atoms with van der Waals surface area (Å²) in [5.74, 6) is 4.61. The zero-order valence-corrected chi connectivity index (χ0v) is 7.14. The highest BCUT2D eigenvalue weighted by Gasteiger charge is 3.11. The summed E-state index contributed by atoms with van der Waals surface area (Å²) in [5, 5.41) is 9.85. The lowest BCUT2D eigenvalue weighted by Crippen LogP contribution is -3.13. The van der Waals surface area contributed by atoms with Crippen molar-refractivity contribution in [1.29, 1.82) is 0 Å². The van der Waals surface area contributed by atoms with Gasteiger partial charge in [0.2, 0.25) is 0 Å². The molecule has 4 unspecified atom stereocenters. The highest BCUT2D eigenvalue weighted by molar-refractivity contribution is 5.56. The fraction of sp³-hybridized carbons (Fsp3) is 1.00. The van der Waals surface area contributed by atoms with Crippen molar-refractivity contribution in [3.8, 4) is 0 Å². The molecule has 0 bridgehead atoms. The van der Waals surface area contributed by atoms with E-state index < -0.39 is 5.09 Å². The van der Waals surface area contributed by atoms with Crippen LogP contribution in [0.4, 0.5) is 0 Å². The van der Waals surface area contributed by atoms with Crippen LogP contribution in [-0.2, 0) is 4.84 Å². The number of rotatable bonds is 2. The van der Waals surface area contributed by atoms with Crippen molar-refractivity contribution < 1.29 is 9.92 Å². The van der Waals surface area contributed by atoms with Crippen LogP contribution in [-0.4, -0.2) is 10.7 Å². The summed E-state index contributed by atoms with van der Waals surface area (Å²) in [5.41, 5.74) is -0.0416. The van der Waals surface area contributed by atoms with Crippen LogP contribution < -0.4 is 0 Å². The fourth-order valence-electron chi connectivity index (χ4n) is 6.32. The molecular weight excluding hydrogens is 170 g/mol. The van der Waals surface area contributed by atoms with Crippen LogP contribution in [0.2, 0.25) is 0 Å². The lowest BCUT2D eigenvalue weighted by molar-refractivity contribution is -0.855. The minimum Gasteiger partial charge on any atom is -0.306 e. The SMILES string of the molecule is CC12C3C4C5C3C1(O[N+](=O)[O-])C5C42. The maximum atomic E-state index is 10.4. The monoisotopic (exact) mass is 179 g/mol. The average Bonchev–Trinajstić information content (AvgIpc) is 2.05. The van der Waals surface area contributed by atoms with Gasteiger partial charge in [-0.15, -0.1) is 10.1 Å². The van der Waals surface area contributed by atoms with Crippen LogP contribution in [0.3, 0.4) is 0 Å². The Kier molecular flexibility index (Phi) is 0.474. The van der Waals surface area contributed by atoms with Gasteiger partial charge in [-0.3, -0.25) is 0 Å². The zero-order valence-electron chi connectivity index (χ0n) is 7.14. The van der Waals surface area contributed by atoms with Gasteiger partial charge in [-0.1, -0.05) is 6.92 Å². The van der Waals surface area contributed by atoms with E-state index in [0.717, 1.165) is 23.7 Å². The van der Waals surface area contributed by atoms with E-state index in [-0.39, 0.29) is 11.0 Å². The summed E-state index contributed by atoms with van der Waals surface area (Å²) in [6.45, 7) is 2.20. The first-order valence-electron chi connectivity index (χ1n) is 4.99. The normalized spacial score (nSPS) is 81.9. The summed E-state index contributed by atoms with van der Waals surface area (Å²) in [6.07, 6.45) is 0. The molecule has 4 heteroatoms. The second kappa shape index (κ2) is 1.06. The molecule has 0 aliphatic heterocycles. The van der Waals surface area contributed by atoms with Gasteiger partial charge in [0, 0.05) is 5.41 Å². The summed E-state index contributed by atoms with van der Waals surface area (Å²) >= 11 is 0. The van der Waals surface area contributed by atoms with E-state index in [1.165, 1.54) is 0 Å². The molecule has 0 aromatic carbocycles. The Hall–Kier alpha value is -0.800. The minimum absolute atomic E-state index is 0.231. The first-order valence-corrected chi connectivity index (χ1v) is 4.99. The van der Waals surface area contributed by atoms with Crippen LogP contribution >= 0.6 is 0 Å². The molecule has 4 nitrogen and oxygen atoms in total. The van der Waals surface area contributed by atoms with E-state index in [1.54, 1.807) is 0 Å². The van der Waals surface area contributed by atoms with Crippen LogP contribution in [0.5, 0.6) is 0 Å². The molecule has 0 saturated heterocycles. The Morgan fingerprint density at radius 1 is 1.23 bits per heavy atom. The van der Waals surface area contributed by atoms with E-state index in [4.69, 9.17) is 4.84 Å².